The summed E-state index contributed by atoms with van der Waals surface area (Å²) in [5.74, 6) is -0.491. The molecule has 2 rings (SSSR count). The number of hydrogen-bond acceptors (Lipinski definition) is 3. The second kappa shape index (κ2) is 8.70. The van der Waals surface area contributed by atoms with E-state index in [0.29, 0.717) is 25.4 Å². The molecule has 0 radical (unpaired) electrons. The van der Waals surface area contributed by atoms with Crippen molar-refractivity contribution in [2.75, 3.05) is 32.7 Å². The molecule has 0 spiro atoms. The van der Waals surface area contributed by atoms with E-state index in [0.717, 1.165) is 26.1 Å². The van der Waals surface area contributed by atoms with Gasteiger partial charge in [0.05, 0.1) is 5.92 Å². The molecule has 2 amide bonds. The summed E-state index contributed by atoms with van der Waals surface area (Å²) in [5.41, 5.74) is 0. The Bertz CT molecular complexity index is 435. The maximum atomic E-state index is 12.7. The highest BCUT2D eigenvalue weighted by Gasteiger charge is 2.32. The fourth-order valence-electron chi connectivity index (χ4n) is 3.99. The van der Waals surface area contributed by atoms with Crippen LogP contribution in [-0.2, 0) is 4.79 Å². The standard InChI is InChI=1S/C18H33N3O3/c1-13(2)8-16(12-20-6-4-5-7-20)19-18(24)21-10-14(3)9-15(11-21)17(22)23/h13-16H,4-12H2,1-3H3,(H,19,24)(H,22,23)/t14?,15?,16-/m0/s1. The molecule has 0 aromatic carbocycles. The van der Waals surface area contributed by atoms with Crippen LogP contribution in [-0.4, -0.2) is 65.7 Å². The number of carboxylic acids is 1. The maximum Gasteiger partial charge on any atom is 0.317 e. The van der Waals surface area contributed by atoms with E-state index in [1.54, 1.807) is 4.90 Å². The third-order valence-electron chi connectivity index (χ3n) is 5.06. The van der Waals surface area contributed by atoms with Gasteiger partial charge in [0.15, 0.2) is 0 Å². The van der Waals surface area contributed by atoms with Crippen molar-refractivity contribution in [2.24, 2.45) is 17.8 Å². The van der Waals surface area contributed by atoms with Gasteiger partial charge in [-0.15, -0.1) is 0 Å². The van der Waals surface area contributed by atoms with E-state index in [1.807, 2.05) is 6.92 Å². The van der Waals surface area contributed by atoms with E-state index >= 15 is 0 Å². The number of carbonyl (C=O) groups excluding carboxylic acids is 1. The lowest BCUT2D eigenvalue weighted by Crippen LogP contribution is -2.53. The molecule has 138 valence electrons. The van der Waals surface area contributed by atoms with E-state index in [4.69, 9.17) is 0 Å². The van der Waals surface area contributed by atoms with Crippen LogP contribution in [0.5, 0.6) is 0 Å². The van der Waals surface area contributed by atoms with Gasteiger partial charge in [0, 0.05) is 25.7 Å². The molecule has 0 aromatic rings. The number of hydrogen-bond donors (Lipinski definition) is 2. The minimum atomic E-state index is -0.796. The van der Waals surface area contributed by atoms with Crippen LogP contribution in [0, 0.1) is 17.8 Å². The summed E-state index contributed by atoms with van der Waals surface area (Å²) < 4.78 is 0. The van der Waals surface area contributed by atoms with Gasteiger partial charge in [0.2, 0.25) is 0 Å². The number of rotatable bonds is 6. The molecule has 0 aliphatic carbocycles. The Morgan fingerprint density at radius 1 is 1.21 bits per heavy atom. The number of likely N-dealkylation sites (tertiary alicyclic amines) is 2. The first-order chi connectivity index (χ1) is 11.3. The summed E-state index contributed by atoms with van der Waals surface area (Å²) in [6.45, 7) is 10.5. The SMILES string of the molecule is CC(C)C[C@@H](CN1CCCC1)NC(=O)N1CC(C)CC(C(=O)O)C1. The fourth-order valence-corrected chi connectivity index (χ4v) is 3.99. The first-order valence-corrected chi connectivity index (χ1v) is 9.35. The average molecular weight is 339 g/mol. The second-order valence-corrected chi connectivity index (χ2v) is 8.06. The Hall–Kier alpha value is -1.30. The Labute approximate surface area is 145 Å². The quantitative estimate of drug-likeness (QED) is 0.778. The highest BCUT2D eigenvalue weighted by molar-refractivity contribution is 5.76. The second-order valence-electron chi connectivity index (χ2n) is 8.06. The minimum Gasteiger partial charge on any atom is -0.481 e. The van der Waals surface area contributed by atoms with Crippen molar-refractivity contribution in [1.29, 1.82) is 0 Å². The molecule has 2 unspecified atom stereocenters. The zero-order valence-corrected chi connectivity index (χ0v) is 15.3. The molecule has 2 fully saturated rings. The van der Waals surface area contributed by atoms with E-state index in [2.05, 4.69) is 24.1 Å². The monoisotopic (exact) mass is 339 g/mol. The summed E-state index contributed by atoms with van der Waals surface area (Å²) >= 11 is 0. The van der Waals surface area contributed by atoms with Gasteiger partial charge in [-0.2, -0.15) is 0 Å². The first-order valence-electron chi connectivity index (χ1n) is 9.35. The van der Waals surface area contributed by atoms with Crippen molar-refractivity contribution >= 4 is 12.0 Å². The van der Waals surface area contributed by atoms with Crippen molar-refractivity contribution in [2.45, 2.75) is 52.5 Å². The topological polar surface area (TPSA) is 72.9 Å². The molecule has 0 bridgehead atoms. The predicted octanol–water partition coefficient (Wildman–Crippen LogP) is 2.25. The molecule has 2 aliphatic rings. The summed E-state index contributed by atoms with van der Waals surface area (Å²) in [5, 5.41) is 12.5. The molecule has 2 N–H and O–H groups in total. The number of nitrogens with zero attached hydrogens (tertiary/aromatic N) is 2. The highest BCUT2D eigenvalue weighted by atomic mass is 16.4. The normalized spacial score (nSPS) is 26.6. The molecular formula is C18H33N3O3. The van der Waals surface area contributed by atoms with Gasteiger partial charge < -0.3 is 20.2 Å². The Balaban J connectivity index is 1.93. The van der Waals surface area contributed by atoms with Gasteiger partial charge >= 0.3 is 12.0 Å². The van der Waals surface area contributed by atoms with Crippen molar-refractivity contribution in [3.05, 3.63) is 0 Å². The largest absolute Gasteiger partial charge is 0.481 e. The van der Waals surface area contributed by atoms with Crippen molar-refractivity contribution in [3.8, 4) is 0 Å². The zero-order valence-electron chi connectivity index (χ0n) is 15.3. The number of nitrogens with one attached hydrogen (secondary N) is 1. The fraction of sp³-hybridized carbons (Fsp3) is 0.889. The van der Waals surface area contributed by atoms with Crippen LogP contribution in [0.1, 0.15) is 46.5 Å². The number of piperidine rings is 1. The molecular weight excluding hydrogens is 306 g/mol. The van der Waals surface area contributed by atoms with E-state index in [9.17, 15) is 14.7 Å². The van der Waals surface area contributed by atoms with Crippen molar-refractivity contribution in [1.82, 2.24) is 15.1 Å². The van der Waals surface area contributed by atoms with Crippen LogP contribution >= 0.6 is 0 Å². The Morgan fingerprint density at radius 3 is 2.46 bits per heavy atom. The average Bonchev–Trinajstić information content (AvgIpc) is 2.98. The molecule has 2 saturated heterocycles. The lowest BCUT2D eigenvalue weighted by atomic mass is 9.91. The minimum absolute atomic E-state index is 0.0994. The third kappa shape index (κ3) is 5.65. The third-order valence-corrected chi connectivity index (χ3v) is 5.06. The van der Waals surface area contributed by atoms with Crippen LogP contribution in [0.15, 0.2) is 0 Å². The van der Waals surface area contributed by atoms with Crippen LogP contribution in [0.25, 0.3) is 0 Å². The number of amides is 2. The van der Waals surface area contributed by atoms with Gasteiger partial charge in [-0.05, 0) is 50.6 Å². The maximum absolute atomic E-state index is 12.7. The molecule has 24 heavy (non-hydrogen) atoms. The van der Waals surface area contributed by atoms with Crippen LogP contribution in [0.3, 0.4) is 0 Å². The number of urea groups is 1. The first kappa shape index (κ1) is 19.0. The van der Waals surface area contributed by atoms with Gasteiger partial charge in [0.1, 0.15) is 0 Å². The lowest BCUT2D eigenvalue weighted by molar-refractivity contribution is -0.143. The number of carboxylic acid groups (broad SMARTS) is 1. The molecule has 6 nitrogen and oxygen atoms in total. The van der Waals surface area contributed by atoms with E-state index in [1.165, 1.54) is 12.8 Å². The van der Waals surface area contributed by atoms with Crippen molar-refractivity contribution < 1.29 is 14.7 Å². The zero-order chi connectivity index (χ0) is 17.7. The van der Waals surface area contributed by atoms with Gasteiger partial charge in [-0.3, -0.25) is 4.79 Å². The molecule has 2 aliphatic heterocycles. The van der Waals surface area contributed by atoms with E-state index in [-0.39, 0.29) is 18.0 Å². The summed E-state index contributed by atoms with van der Waals surface area (Å²) in [7, 11) is 0. The summed E-state index contributed by atoms with van der Waals surface area (Å²) in [4.78, 5) is 28.1. The molecule has 3 atom stereocenters. The molecule has 2 heterocycles. The summed E-state index contributed by atoms with van der Waals surface area (Å²) in [6.07, 6.45) is 4.09. The highest BCUT2D eigenvalue weighted by Crippen LogP contribution is 2.22. The number of carbonyl (C=O) groups is 2. The molecule has 6 heteroatoms. The predicted molar refractivity (Wildman–Crippen MR) is 93.9 cm³/mol. The number of aliphatic carboxylic acids is 1. The summed E-state index contributed by atoms with van der Waals surface area (Å²) in [6, 6.07) is 0.0359. The van der Waals surface area contributed by atoms with Crippen LogP contribution in [0.4, 0.5) is 4.79 Å². The molecule has 0 saturated carbocycles. The van der Waals surface area contributed by atoms with Crippen LogP contribution in [0.2, 0.25) is 0 Å². The van der Waals surface area contributed by atoms with E-state index < -0.39 is 11.9 Å². The van der Waals surface area contributed by atoms with Gasteiger partial charge in [-0.1, -0.05) is 20.8 Å². The smallest absolute Gasteiger partial charge is 0.317 e. The van der Waals surface area contributed by atoms with Crippen molar-refractivity contribution in [3.63, 3.8) is 0 Å². The van der Waals surface area contributed by atoms with Gasteiger partial charge in [-0.25, -0.2) is 4.79 Å². The molecule has 0 aromatic heterocycles. The Morgan fingerprint density at radius 2 is 1.88 bits per heavy atom. The van der Waals surface area contributed by atoms with Gasteiger partial charge in [0.25, 0.3) is 0 Å². The Kier molecular flexibility index (Phi) is 6.90. The lowest BCUT2D eigenvalue weighted by Gasteiger charge is -2.36. The van der Waals surface area contributed by atoms with Crippen LogP contribution < -0.4 is 5.32 Å².